The lowest BCUT2D eigenvalue weighted by molar-refractivity contribution is 0.153. The first-order valence-electron chi connectivity index (χ1n) is 8.63. The van der Waals surface area contributed by atoms with Crippen LogP contribution in [0.2, 0.25) is 0 Å². The average molecular weight is 329 g/mol. The molecule has 1 fully saturated rings. The van der Waals surface area contributed by atoms with Gasteiger partial charge in [-0.2, -0.15) is 5.10 Å². The zero-order chi connectivity index (χ0) is 16.8. The largest absolute Gasteiger partial charge is 0.496 e. The van der Waals surface area contributed by atoms with Crippen molar-refractivity contribution in [1.82, 2.24) is 24.6 Å². The van der Waals surface area contributed by atoms with Crippen molar-refractivity contribution in [3.05, 3.63) is 42.0 Å². The summed E-state index contributed by atoms with van der Waals surface area (Å²) in [5.41, 5.74) is 2.51. The molecule has 1 aromatic heterocycles. The highest BCUT2D eigenvalue weighted by molar-refractivity contribution is 5.37. The third kappa shape index (κ3) is 4.55. The summed E-state index contributed by atoms with van der Waals surface area (Å²) in [6, 6.07) is 6.48. The Balaban J connectivity index is 1.55. The van der Waals surface area contributed by atoms with Crippen LogP contribution in [0.4, 0.5) is 0 Å². The summed E-state index contributed by atoms with van der Waals surface area (Å²) in [6.45, 7) is 6.62. The molecule has 6 heteroatoms. The van der Waals surface area contributed by atoms with E-state index in [1.807, 2.05) is 4.68 Å². The number of benzene rings is 1. The van der Waals surface area contributed by atoms with Crippen molar-refractivity contribution in [1.29, 1.82) is 0 Å². The highest BCUT2D eigenvalue weighted by Gasteiger charge is 2.13. The number of likely N-dealkylation sites (N-methyl/N-ethyl adjacent to an activating group) is 1. The van der Waals surface area contributed by atoms with E-state index in [1.165, 1.54) is 44.7 Å². The van der Waals surface area contributed by atoms with Crippen LogP contribution in [0, 0.1) is 0 Å². The molecule has 6 nitrogen and oxygen atoms in total. The van der Waals surface area contributed by atoms with Crippen molar-refractivity contribution in [3.63, 3.8) is 0 Å². The molecular formula is C18H27N5O. The van der Waals surface area contributed by atoms with Crippen LogP contribution in [-0.4, -0.2) is 71.4 Å². The zero-order valence-electron chi connectivity index (χ0n) is 14.7. The number of hydrogen-bond donors (Lipinski definition) is 0. The summed E-state index contributed by atoms with van der Waals surface area (Å²) >= 11 is 0. The molecule has 2 aromatic rings. The molecule has 0 N–H and O–H groups in total. The molecule has 1 aromatic carbocycles. The van der Waals surface area contributed by atoms with Crippen LogP contribution >= 0.6 is 0 Å². The zero-order valence-corrected chi connectivity index (χ0v) is 14.7. The quantitative estimate of drug-likeness (QED) is 0.771. The van der Waals surface area contributed by atoms with Gasteiger partial charge in [-0.15, -0.1) is 0 Å². The smallest absolute Gasteiger partial charge is 0.137 e. The number of methoxy groups -OCH3 is 1. The van der Waals surface area contributed by atoms with Crippen LogP contribution in [0.5, 0.6) is 5.75 Å². The van der Waals surface area contributed by atoms with Crippen molar-refractivity contribution >= 4 is 0 Å². The van der Waals surface area contributed by atoms with Crippen molar-refractivity contribution in [2.24, 2.45) is 0 Å². The molecule has 1 saturated heterocycles. The lowest BCUT2D eigenvalue weighted by atomic mass is 10.0. The van der Waals surface area contributed by atoms with Gasteiger partial charge >= 0.3 is 0 Å². The normalized spacial score (nSPS) is 16.4. The Labute approximate surface area is 144 Å². The molecule has 0 saturated carbocycles. The standard InChI is InChI=1S/C18H27N5O/c1-21-8-10-22(11-9-21)7-3-4-16-5-6-18(24-2)17(12-16)13-23-15-19-14-20-23/h5-6,12,14-15H,3-4,7-11,13H2,1-2H3. The van der Waals surface area contributed by atoms with Gasteiger partial charge in [0.05, 0.1) is 13.7 Å². The van der Waals surface area contributed by atoms with E-state index in [0.29, 0.717) is 6.54 Å². The lowest BCUT2D eigenvalue weighted by Gasteiger charge is -2.32. The fourth-order valence-electron chi connectivity index (χ4n) is 3.18. The SMILES string of the molecule is COc1ccc(CCCN2CCN(C)CC2)cc1Cn1cncn1. The molecular weight excluding hydrogens is 302 g/mol. The molecule has 1 aliphatic rings. The van der Waals surface area contributed by atoms with Crippen LogP contribution in [-0.2, 0) is 13.0 Å². The van der Waals surface area contributed by atoms with E-state index in [1.54, 1.807) is 19.8 Å². The monoisotopic (exact) mass is 329 g/mol. The molecule has 3 rings (SSSR count). The van der Waals surface area contributed by atoms with E-state index in [-0.39, 0.29) is 0 Å². The first-order valence-corrected chi connectivity index (χ1v) is 8.63. The fourth-order valence-corrected chi connectivity index (χ4v) is 3.18. The summed E-state index contributed by atoms with van der Waals surface area (Å²) < 4.78 is 7.31. The summed E-state index contributed by atoms with van der Waals surface area (Å²) in [5.74, 6) is 0.910. The van der Waals surface area contributed by atoms with E-state index in [9.17, 15) is 0 Å². The number of ether oxygens (including phenoxy) is 1. The summed E-state index contributed by atoms with van der Waals surface area (Å²) in [5, 5.41) is 4.19. The predicted octanol–water partition coefficient (Wildman–Crippen LogP) is 1.51. The number of aryl methyl sites for hydroxylation is 1. The molecule has 0 unspecified atom stereocenters. The third-order valence-corrected chi connectivity index (χ3v) is 4.68. The number of rotatable bonds is 7. The van der Waals surface area contributed by atoms with Gasteiger partial charge in [-0.05, 0) is 38.1 Å². The van der Waals surface area contributed by atoms with E-state index < -0.39 is 0 Å². The van der Waals surface area contributed by atoms with Gasteiger partial charge in [-0.25, -0.2) is 9.67 Å². The number of nitrogens with zero attached hydrogens (tertiary/aromatic N) is 5. The molecule has 0 atom stereocenters. The van der Waals surface area contributed by atoms with Crippen LogP contribution < -0.4 is 4.74 Å². The van der Waals surface area contributed by atoms with Crippen molar-refractivity contribution in [2.75, 3.05) is 46.9 Å². The maximum Gasteiger partial charge on any atom is 0.137 e. The van der Waals surface area contributed by atoms with Gasteiger partial charge in [-0.1, -0.05) is 12.1 Å². The van der Waals surface area contributed by atoms with E-state index in [0.717, 1.165) is 17.7 Å². The van der Waals surface area contributed by atoms with E-state index in [4.69, 9.17) is 4.74 Å². The lowest BCUT2D eigenvalue weighted by Crippen LogP contribution is -2.44. The molecule has 1 aliphatic heterocycles. The Bertz CT molecular complexity index is 620. The topological polar surface area (TPSA) is 46.4 Å². The van der Waals surface area contributed by atoms with Crippen LogP contribution in [0.3, 0.4) is 0 Å². The number of piperazine rings is 1. The second-order valence-electron chi connectivity index (χ2n) is 6.49. The number of aromatic nitrogens is 3. The molecule has 0 radical (unpaired) electrons. The molecule has 24 heavy (non-hydrogen) atoms. The maximum absolute atomic E-state index is 5.48. The molecule has 0 bridgehead atoms. The maximum atomic E-state index is 5.48. The van der Waals surface area contributed by atoms with E-state index >= 15 is 0 Å². The van der Waals surface area contributed by atoms with Gasteiger partial charge in [0.1, 0.15) is 18.4 Å². The highest BCUT2D eigenvalue weighted by Crippen LogP contribution is 2.21. The van der Waals surface area contributed by atoms with Crippen LogP contribution in [0.25, 0.3) is 0 Å². The molecule has 130 valence electrons. The minimum absolute atomic E-state index is 0.690. The minimum Gasteiger partial charge on any atom is -0.496 e. The Hall–Kier alpha value is -1.92. The van der Waals surface area contributed by atoms with Crippen molar-refractivity contribution in [2.45, 2.75) is 19.4 Å². The summed E-state index contributed by atoms with van der Waals surface area (Å²) in [7, 11) is 3.92. The second kappa shape index (κ2) is 8.26. The first-order chi connectivity index (χ1) is 11.7. The Kier molecular flexibility index (Phi) is 5.82. The third-order valence-electron chi connectivity index (χ3n) is 4.68. The van der Waals surface area contributed by atoms with Crippen molar-refractivity contribution < 1.29 is 4.74 Å². The van der Waals surface area contributed by atoms with Crippen LogP contribution in [0.15, 0.2) is 30.9 Å². The van der Waals surface area contributed by atoms with Gasteiger partial charge in [0.15, 0.2) is 0 Å². The van der Waals surface area contributed by atoms with Gasteiger partial charge in [-0.3, -0.25) is 0 Å². The Morgan fingerprint density at radius 2 is 2.00 bits per heavy atom. The first kappa shape index (κ1) is 16.9. The predicted molar refractivity (Wildman–Crippen MR) is 94.4 cm³/mol. The molecule has 0 spiro atoms. The summed E-state index contributed by atoms with van der Waals surface area (Å²) in [6.07, 6.45) is 5.59. The molecule has 0 aliphatic carbocycles. The van der Waals surface area contributed by atoms with Crippen LogP contribution in [0.1, 0.15) is 17.5 Å². The number of hydrogen-bond acceptors (Lipinski definition) is 5. The Morgan fingerprint density at radius 1 is 1.17 bits per heavy atom. The van der Waals surface area contributed by atoms with Crippen molar-refractivity contribution in [3.8, 4) is 5.75 Å². The molecule has 0 amide bonds. The highest BCUT2D eigenvalue weighted by atomic mass is 16.5. The van der Waals surface area contributed by atoms with E-state index in [2.05, 4.69) is 45.1 Å². The summed E-state index contributed by atoms with van der Waals surface area (Å²) in [4.78, 5) is 8.97. The van der Waals surface area contributed by atoms with Gasteiger partial charge in [0, 0.05) is 31.7 Å². The van der Waals surface area contributed by atoms with Gasteiger partial charge in [0.25, 0.3) is 0 Å². The fraction of sp³-hybridized carbons (Fsp3) is 0.556. The van der Waals surface area contributed by atoms with Gasteiger partial charge < -0.3 is 14.5 Å². The average Bonchev–Trinajstić information content (AvgIpc) is 3.10. The minimum atomic E-state index is 0.690. The van der Waals surface area contributed by atoms with Gasteiger partial charge in [0.2, 0.25) is 0 Å². The Morgan fingerprint density at radius 3 is 2.71 bits per heavy atom. The molecule has 2 heterocycles. The second-order valence-corrected chi connectivity index (χ2v) is 6.49.